The third-order valence-corrected chi connectivity index (χ3v) is 6.64. The van der Waals surface area contributed by atoms with Crippen molar-refractivity contribution < 1.29 is 14.3 Å². The summed E-state index contributed by atoms with van der Waals surface area (Å²) in [5.41, 5.74) is 2.88. The van der Waals surface area contributed by atoms with Crippen LogP contribution in [-0.4, -0.2) is 18.0 Å². The second-order valence-corrected chi connectivity index (χ2v) is 9.16. The van der Waals surface area contributed by atoms with Crippen LogP contribution in [0.2, 0.25) is 0 Å². The van der Waals surface area contributed by atoms with Gasteiger partial charge in [0.05, 0.1) is 17.6 Å². The number of amides is 1. The summed E-state index contributed by atoms with van der Waals surface area (Å²) in [7, 11) is 1.58. The number of anilines is 1. The van der Waals surface area contributed by atoms with Crippen molar-refractivity contribution in [3.63, 3.8) is 0 Å². The molecule has 1 amide bonds. The molecule has 0 saturated carbocycles. The molecule has 2 aromatic heterocycles. The number of hydrogen-bond donors (Lipinski definition) is 1. The van der Waals surface area contributed by atoms with E-state index in [0.717, 1.165) is 16.0 Å². The Labute approximate surface area is 205 Å². The van der Waals surface area contributed by atoms with Crippen LogP contribution in [-0.2, 0) is 11.4 Å². The number of thiophene rings is 1. The van der Waals surface area contributed by atoms with Gasteiger partial charge in [-0.3, -0.25) is 4.79 Å². The van der Waals surface area contributed by atoms with E-state index in [1.807, 2.05) is 66.0 Å². The molecule has 0 unspecified atom stereocenters. The van der Waals surface area contributed by atoms with E-state index in [4.69, 9.17) is 9.47 Å². The van der Waals surface area contributed by atoms with Crippen molar-refractivity contribution in [2.24, 2.45) is 0 Å². The molecule has 0 fully saturated rings. The second kappa shape index (κ2) is 10.8. The van der Waals surface area contributed by atoms with Crippen molar-refractivity contribution in [1.29, 1.82) is 5.26 Å². The Morgan fingerprint density at radius 2 is 1.97 bits per heavy atom. The normalized spacial score (nSPS) is 11.0. The lowest BCUT2D eigenvalue weighted by molar-refractivity contribution is -0.114. The zero-order valence-corrected chi connectivity index (χ0v) is 20.2. The summed E-state index contributed by atoms with van der Waals surface area (Å²) in [5.74, 6) is 0.995. The average molecular weight is 488 g/mol. The van der Waals surface area contributed by atoms with Gasteiger partial charge in [-0.15, -0.1) is 11.3 Å². The minimum absolute atomic E-state index is 0.189. The van der Waals surface area contributed by atoms with Crippen LogP contribution in [0, 0.1) is 11.3 Å². The molecular formula is C26H21N3O3S2. The van der Waals surface area contributed by atoms with E-state index >= 15 is 0 Å². The lowest BCUT2D eigenvalue weighted by atomic mass is 10.1. The van der Waals surface area contributed by atoms with Crippen LogP contribution in [0.25, 0.3) is 22.2 Å². The quantitative estimate of drug-likeness (QED) is 0.288. The first kappa shape index (κ1) is 23.2. The highest BCUT2D eigenvalue weighted by Gasteiger charge is 2.18. The topological polar surface area (TPSA) is 84.2 Å². The third-order valence-electron chi connectivity index (χ3n) is 4.76. The van der Waals surface area contributed by atoms with Crippen molar-refractivity contribution in [3.05, 3.63) is 82.2 Å². The van der Waals surface area contributed by atoms with Crippen LogP contribution >= 0.6 is 22.7 Å². The predicted octanol–water partition coefficient (Wildman–Crippen LogP) is 6.48. The fourth-order valence-electron chi connectivity index (χ4n) is 3.20. The van der Waals surface area contributed by atoms with Crippen LogP contribution in [0.15, 0.2) is 66.0 Å². The Balaban J connectivity index is 1.62. The zero-order valence-electron chi connectivity index (χ0n) is 18.6. The molecule has 0 aliphatic rings. The number of thiazole rings is 1. The van der Waals surface area contributed by atoms with E-state index in [9.17, 15) is 10.1 Å². The van der Waals surface area contributed by atoms with Gasteiger partial charge in [-0.25, -0.2) is 4.98 Å². The van der Waals surface area contributed by atoms with Gasteiger partial charge in [0.2, 0.25) is 5.91 Å². The molecule has 0 bridgehead atoms. The molecule has 4 rings (SSSR count). The Morgan fingerprint density at radius 1 is 1.15 bits per heavy atom. The molecule has 2 aromatic carbocycles. The minimum Gasteiger partial charge on any atom is -0.493 e. The lowest BCUT2D eigenvalue weighted by Gasteiger charge is -2.11. The molecule has 0 aliphatic carbocycles. The first-order valence-corrected chi connectivity index (χ1v) is 12.1. The van der Waals surface area contributed by atoms with Crippen LogP contribution in [0.4, 0.5) is 5.00 Å². The SMILES string of the molecule is COc1cc(C=C(C#N)c2nc(-c3cccs3)c(NC(C)=O)s2)ccc1OCc1ccccc1. The summed E-state index contributed by atoms with van der Waals surface area (Å²) in [6.07, 6.45) is 1.75. The molecule has 0 radical (unpaired) electrons. The fraction of sp³-hybridized carbons (Fsp3) is 0.115. The van der Waals surface area contributed by atoms with Crippen LogP contribution < -0.4 is 14.8 Å². The van der Waals surface area contributed by atoms with E-state index in [1.165, 1.54) is 29.6 Å². The molecular weight excluding hydrogens is 466 g/mol. The molecule has 170 valence electrons. The van der Waals surface area contributed by atoms with E-state index in [2.05, 4.69) is 16.4 Å². The van der Waals surface area contributed by atoms with E-state index in [0.29, 0.717) is 39.4 Å². The van der Waals surface area contributed by atoms with Crippen LogP contribution in [0.3, 0.4) is 0 Å². The van der Waals surface area contributed by atoms with Gasteiger partial charge >= 0.3 is 0 Å². The van der Waals surface area contributed by atoms with Crippen molar-refractivity contribution in [1.82, 2.24) is 4.98 Å². The van der Waals surface area contributed by atoms with Crippen molar-refractivity contribution in [2.45, 2.75) is 13.5 Å². The first-order valence-electron chi connectivity index (χ1n) is 10.4. The molecule has 6 nitrogen and oxygen atoms in total. The summed E-state index contributed by atoms with van der Waals surface area (Å²) in [4.78, 5) is 17.3. The molecule has 0 spiro atoms. The standard InChI is InChI=1S/C26H21N3O3S2/c1-17(30)28-26-24(23-9-6-12-33-23)29-25(34-26)20(15-27)13-19-10-11-21(22(14-19)31-2)32-16-18-7-4-3-5-8-18/h3-14H,16H2,1-2H3,(H,28,30). The molecule has 34 heavy (non-hydrogen) atoms. The monoisotopic (exact) mass is 487 g/mol. The maximum atomic E-state index is 11.7. The molecule has 4 aromatic rings. The molecule has 0 aliphatic heterocycles. The largest absolute Gasteiger partial charge is 0.493 e. The number of rotatable bonds is 8. The summed E-state index contributed by atoms with van der Waals surface area (Å²) in [6.45, 7) is 1.87. The van der Waals surface area contributed by atoms with E-state index in [1.54, 1.807) is 13.2 Å². The van der Waals surface area contributed by atoms with Gasteiger partial charge in [0.15, 0.2) is 11.5 Å². The number of nitrogens with one attached hydrogen (secondary N) is 1. The number of nitrogens with zero attached hydrogens (tertiary/aromatic N) is 2. The molecule has 0 atom stereocenters. The summed E-state index contributed by atoms with van der Waals surface area (Å²) >= 11 is 2.80. The maximum Gasteiger partial charge on any atom is 0.221 e. The van der Waals surface area contributed by atoms with E-state index < -0.39 is 0 Å². The number of carbonyl (C=O) groups is 1. The molecule has 8 heteroatoms. The predicted molar refractivity (Wildman–Crippen MR) is 137 cm³/mol. The van der Waals surface area contributed by atoms with Gasteiger partial charge in [-0.05, 0) is 40.8 Å². The van der Waals surface area contributed by atoms with Crippen LogP contribution in [0.1, 0.15) is 23.1 Å². The number of benzene rings is 2. The van der Waals surface area contributed by atoms with Gasteiger partial charge in [-0.2, -0.15) is 5.26 Å². The number of methoxy groups -OCH3 is 1. The fourth-order valence-corrected chi connectivity index (χ4v) is 4.97. The minimum atomic E-state index is -0.189. The van der Waals surface area contributed by atoms with Crippen LogP contribution in [0.5, 0.6) is 11.5 Å². The summed E-state index contributed by atoms with van der Waals surface area (Å²) < 4.78 is 11.4. The smallest absolute Gasteiger partial charge is 0.221 e. The highest BCUT2D eigenvalue weighted by atomic mass is 32.1. The van der Waals surface area contributed by atoms with Gasteiger partial charge in [0.1, 0.15) is 28.4 Å². The second-order valence-electron chi connectivity index (χ2n) is 7.21. The van der Waals surface area contributed by atoms with Gasteiger partial charge < -0.3 is 14.8 Å². The third kappa shape index (κ3) is 5.52. The number of nitriles is 1. The van der Waals surface area contributed by atoms with Crippen molar-refractivity contribution in [3.8, 4) is 28.1 Å². The first-order chi connectivity index (χ1) is 16.6. The highest BCUT2D eigenvalue weighted by Crippen LogP contribution is 2.38. The zero-order chi connectivity index (χ0) is 23.9. The van der Waals surface area contributed by atoms with Gasteiger partial charge in [0.25, 0.3) is 0 Å². The summed E-state index contributed by atoms with van der Waals surface area (Å²) in [5, 5.41) is 15.8. The molecule has 1 N–H and O–H groups in total. The Hall–Kier alpha value is -3.93. The molecule has 0 saturated heterocycles. The number of ether oxygens (including phenoxy) is 2. The Kier molecular flexibility index (Phi) is 7.38. The van der Waals surface area contributed by atoms with Crippen molar-refractivity contribution >= 4 is 45.2 Å². The number of aromatic nitrogens is 1. The van der Waals surface area contributed by atoms with Crippen molar-refractivity contribution in [2.75, 3.05) is 12.4 Å². The van der Waals surface area contributed by atoms with Gasteiger partial charge in [0, 0.05) is 6.92 Å². The Morgan fingerprint density at radius 3 is 2.65 bits per heavy atom. The number of carbonyl (C=O) groups excluding carboxylic acids is 1. The molecule has 2 heterocycles. The van der Waals surface area contributed by atoms with Gasteiger partial charge in [-0.1, -0.05) is 53.8 Å². The average Bonchev–Trinajstić information content (AvgIpc) is 3.52. The number of hydrogen-bond acceptors (Lipinski definition) is 7. The number of allylic oxidation sites excluding steroid dienone is 1. The lowest BCUT2D eigenvalue weighted by Crippen LogP contribution is -2.04. The highest BCUT2D eigenvalue weighted by molar-refractivity contribution is 7.18. The summed E-state index contributed by atoms with van der Waals surface area (Å²) in [6, 6.07) is 21.5. The van der Waals surface area contributed by atoms with E-state index in [-0.39, 0.29) is 5.91 Å². The Bertz CT molecular complexity index is 1350. The maximum absolute atomic E-state index is 11.7.